The minimum atomic E-state index is -4.97. The van der Waals surface area contributed by atoms with Gasteiger partial charge in [-0.25, -0.2) is 9.13 Å². The van der Waals surface area contributed by atoms with Gasteiger partial charge in [0, 0.05) is 25.7 Å². The third kappa shape index (κ3) is 84.0. The number of rotatable bonds is 91. The number of phosphoric acid groups is 2. The lowest BCUT2D eigenvalue weighted by Gasteiger charge is -2.21. The minimum absolute atomic E-state index is 0.108. The molecule has 0 bridgehead atoms. The van der Waals surface area contributed by atoms with E-state index in [1.807, 2.05) is 0 Å². The molecule has 654 valence electrons. The van der Waals surface area contributed by atoms with Crippen LogP contribution < -0.4 is 0 Å². The van der Waals surface area contributed by atoms with Crippen molar-refractivity contribution in [1.29, 1.82) is 0 Å². The van der Waals surface area contributed by atoms with E-state index in [4.69, 9.17) is 37.0 Å². The average Bonchev–Trinajstić information content (AvgIpc) is 0.897. The number of carbonyl (C=O) groups is 4. The van der Waals surface area contributed by atoms with E-state index >= 15 is 0 Å². The van der Waals surface area contributed by atoms with Crippen LogP contribution in [0.2, 0.25) is 0 Å². The van der Waals surface area contributed by atoms with Crippen LogP contribution in [-0.2, 0) is 65.4 Å². The van der Waals surface area contributed by atoms with E-state index in [0.717, 1.165) is 95.8 Å². The van der Waals surface area contributed by atoms with E-state index < -0.39 is 97.5 Å². The molecule has 0 saturated heterocycles. The Bertz CT molecular complexity index is 2080. The topological polar surface area (TPSA) is 237 Å². The Hall–Kier alpha value is -1.94. The summed E-state index contributed by atoms with van der Waals surface area (Å²) < 4.78 is 69.1. The third-order valence-corrected chi connectivity index (χ3v) is 23.4. The zero-order valence-corrected chi connectivity index (χ0v) is 74.2. The number of hydrogen-bond donors (Lipinski definition) is 3. The second-order valence-electron chi connectivity index (χ2n) is 33.2. The first-order valence-corrected chi connectivity index (χ1v) is 50.1. The fourth-order valence-electron chi connectivity index (χ4n) is 14.4. The maximum absolute atomic E-state index is 13.2. The highest BCUT2D eigenvalue weighted by Crippen LogP contribution is 2.45. The molecular formula is C91H178O17P2. The fraction of sp³-hybridized carbons (Fsp3) is 0.956. The van der Waals surface area contributed by atoms with Crippen LogP contribution in [-0.4, -0.2) is 96.7 Å². The summed E-state index contributed by atoms with van der Waals surface area (Å²) >= 11 is 0. The minimum Gasteiger partial charge on any atom is -0.462 e. The Morgan fingerprint density at radius 2 is 0.418 bits per heavy atom. The fourth-order valence-corrected chi connectivity index (χ4v) is 15.9. The number of ether oxygens (including phenoxy) is 4. The zero-order chi connectivity index (χ0) is 80.4. The lowest BCUT2D eigenvalue weighted by Crippen LogP contribution is -2.30. The summed E-state index contributed by atoms with van der Waals surface area (Å²) in [6, 6.07) is 0. The summed E-state index contributed by atoms with van der Waals surface area (Å²) in [6.07, 6.45) is 79.4. The van der Waals surface area contributed by atoms with Gasteiger partial charge in [0.15, 0.2) is 12.2 Å². The summed E-state index contributed by atoms with van der Waals surface area (Å²) in [4.78, 5) is 73.4. The van der Waals surface area contributed by atoms with Crippen molar-refractivity contribution < 1.29 is 80.2 Å². The second kappa shape index (κ2) is 83.5. The standard InChI is InChI=1S/C91H178O17P2/c1-6-9-12-15-18-21-24-27-30-33-35-37-39-42-44-47-50-53-59-64-69-74-88(93)101-80-86(107-90(95)76-72-67-62-55-52-49-46-43-40-38-36-34-31-28-25-22-19-16-13-10-7-2)82-105-109(97,98)103-78-85(92)79-104-110(99,100)106-83-87(81-102-89(94)75-70-65-60-57-56-58-63-68-73-84(4)5)108-91(96)77-71-66-61-54-51-48-45-41-32-29-26-23-20-17-14-11-8-3/h84-87,92H,6-83H2,1-5H3,(H,97,98)(H,99,100)/t85-,86-,87-/m1/s1. The van der Waals surface area contributed by atoms with Gasteiger partial charge in [0.25, 0.3) is 0 Å². The van der Waals surface area contributed by atoms with Crippen molar-refractivity contribution in [2.24, 2.45) is 5.92 Å². The van der Waals surface area contributed by atoms with Crippen LogP contribution >= 0.6 is 15.6 Å². The number of hydrogen-bond acceptors (Lipinski definition) is 15. The van der Waals surface area contributed by atoms with Crippen molar-refractivity contribution in [2.75, 3.05) is 39.6 Å². The predicted molar refractivity (Wildman–Crippen MR) is 455 cm³/mol. The van der Waals surface area contributed by atoms with E-state index in [9.17, 15) is 43.2 Å². The molecule has 5 atom stereocenters. The molecule has 0 aromatic heterocycles. The van der Waals surface area contributed by atoms with Gasteiger partial charge in [0.1, 0.15) is 19.3 Å². The Labute approximate surface area is 677 Å². The normalized spacial score (nSPS) is 13.7. The first-order chi connectivity index (χ1) is 53.5. The predicted octanol–water partition coefficient (Wildman–Crippen LogP) is 28.3. The van der Waals surface area contributed by atoms with Gasteiger partial charge in [0.2, 0.25) is 0 Å². The highest BCUT2D eigenvalue weighted by molar-refractivity contribution is 7.47. The monoisotopic (exact) mass is 1610 g/mol. The van der Waals surface area contributed by atoms with Crippen LogP contribution in [0.3, 0.4) is 0 Å². The molecular weight excluding hydrogens is 1430 g/mol. The van der Waals surface area contributed by atoms with E-state index in [2.05, 4.69) is 34.6 Å². The van der Waals surface area contributed by atoms with Gasteiger partial charge in [-0.3, -0.25) is 37.3 Å². The number of esters is 4. The third-order valence-electron chi connectivity index (χ3n) is 21.5. The van der Waals surface area contributed by atoms with Crippen molar-refractivity contribution in [1.82, 2.24) is 0 Å². The molecule has 0 aromatic rings. The number of phosphoric ester groups is 2. The van der Waals surface area contributed by atoms with Gasteiger partial charge >= 0.3 is 39.5 Å². The lowest BCUT2D eigenvalue weighted by atomic mass is 10.0. The van der Waals surface area contributed by atoms with Crippen LogP contribution in [0.5, 0.6) is 0 Å². The lowest BCUT2D eigenvalue weighted by molar-refractivity contribution is -0.161. The SMILES string of the molecule is CCCCCCCCCCCCCCCCCCCCCCCC(=O)OC[C@H](COP(=O)(O)OC[C@@H](O)COP(=O)(O)OC[C@@H](COC(=O)CCCCCCCCCCC(C)C)OC(=O)CCCCCCCCCCCCCCCCCCC)OC(=O)CCCCCCCCCCCCCCCCCCCCCCC. The largest absolute Gasteiger partial charge is 0.472 e. The van der Waals surface area contributed by atoms with Gasteiger partial charge in [-0.2, -0.15) is 0 Å². The van der Waals surface area contributed by atoms with Crippen LogP contribution in [0, 0.1) is 5.92 Å². The molecule has 2 unspecified atom stereocenters. The quantitative estimate of drug-likeness (QED) is 0.0222. The van der Waals surface area contributed by atoms with Gasteiger partial charge < -0.3 is 33.8 Å². The van der Waals surface area contributed by atoms with Gasteiger partial charge in [-0.05, 0) is 31.6 Å². The van der Waals surface area contributed by atoms with E-state index in [-0.39, 0.29) is 25.7 Å². The smallest absolute Gasteiger partial charge is 0.462 e. The molecule has 0 aliphatic carbocycles. The van der Waals surface area contributed by atoms with Crippen molar-refractivity contribution in [3.8, 4) is 0 Å². The molecule has 0 rings (SSSR count). The molecule has 0 heterocycles. The van der Waals surface area contributed by atoms with Gasteiger partial charge in [0.05, 0.1) is 26.4 Å². The molecule has 3 N–H and O–H groups in total. The summed E-state index contributed by atoms with van der Waals surface area (Å²) in [5.41, 5.74) is 0. The first kappa shape index (κ1) is 108. The van der Waals surface area contributed by atoms with Crippen molar-refractivity contribution in [3.63, 3.8) is 0 Å². The summed E-state index contributed by atoms with van der Waals surface area (Å²) in [5, 5.41) is 10.7. The Morgan fingerprint density at radius 3 is 0.618 bits per heavy atom. The van der Waals surface area contributed by atoms with Gasteiger partial charge in [-0.15, -0.1) is 0 Å². The molecule has 0 aliphatic rings. The van der Waals surface area contributed by atoms with Crippen LogP contribution in [0.4, 0.5) is 0 Å². The van der Waals surface area contributed by atoms with Crippen LogP contribution in [0.15, 0.2) is 0 Å². The second-order valence-corrected chi connectivity index (χ2v) is 36.1. The van der Waals surface area contributed by atoms with Crippen LogP contribution in [0.1, 0.15) is 497 Å². The highest BCUT2D eigenvalue weighted by Gasteiger charge is 2.31. The molecule has 0 aromatic carbocycles. The molecule has 17 nitrogen and oxygen atoms in total. The molecule has 0 radical (unpaired) electrons. The summed E-state index contributed by atoms with van der Waals surface area (Å²) in [7, 11) is -9.93. The Balaban J connectivity index is 5.23. The van der Waals surface area contributed by atoms with Crippen molar-refractivity contribution in [3.05, 3.63) is 0 Å². The number of carbonyl (C=O) groups excluding carboxylic acids is 4. The summed E-state index contributed by atoms with van der Waals surface area (Å²) in [5.74, 6) is -1.37. The average molecular weight is 1610 g/mol. The van der Waals surface area contributed by atoms with E-state index in [1.54, 1.807) is 0 Å². The van der Waals surface area contributed by atoms with E-state index in [0.29, 0.717) is 25.7 Å². The Kier molecular flexibility index (Phi) is 82.1. The van der Waals surface area contributed by atoms with E-state index in [1.165, 1.54) is 321 Å². The molecule has 0 saturated carbocycles. The summed E-state index contributed by atoms with van der Waals surface area (Å²) in [6.45, 7) is 7.36. The molecule has 0 spiro atoms. The molecule has 0 aliphatic heterocycles. The highest BCUT2D eigenvalue weighted by atomic mass is 31.2. The van der Waals surface area contributed by atoms with Gasteiger partial charge in [-0.1, -0.05) is 446 Å². The number of unbranched alkanes of at least 4 members (excludes halogenated alkanes) is 63. The molecule has 110 heavy (non-hydrogen) atoms. The zero-order valence-electron chi connectivity index (χ0n) is 72.4. The van der Waals surface area contributed by atoms with Crippen LogP contribution in [0.25, 0.3) is 0 Å². The maximum atomic E-state index is 13.2. The number of aliphatic hydroxyl groups excluding tert-OH is 1. The number of aliphatic hydroxyl groups is 1. The molecule has 0 amide bonds. The molecule has 0 fully saturated rings. The van der Waals surface area contributed by atoms with Crippen molar-refractivity contribution >= 4 is 39.5 Å². The van der Waals surface area contributed by atoms with Crippen molar-refractivity contribution in [2.45, 2.75) is 515 Å². The first-order valence-electron chi connectivity index (χ1n) is 47.1. The maximum Gasteiger partial charge on any atom is 0.472 e. The molecule has 19 heteroatoms. The Morgan fingerprint density at radius 1 is 0.245 bits per heavy atom.